The van der Waals surface area contributed by atoms with Gasteiger partial charge in [0.2, 0.25) is 0 Å². The highest BCUT2D eigenvalue weighted by atomic mass is 35.5. The van der Waals surface area contributed by atoms with Gasteiger partial charge >= 0.3 is 6.03 Å². The van der Waals surface area contributed by atoms with Crippen molar-refractivity contribution >= 4 is 17.6 Å². The number of hydrogen-bond donors (Lipinski definition) is 2. The molecule has 0 spiro atoms. The number of nitrogens with one attached hydrogen (secondary N) is 2. The molecular formula is C17H23ClN4O. The number of carbonyl (C=O) groups excluding carboxylic acids is 1. The standard InChI is InChI=1S/C17H23ClN4O/c1-21(2)16(15-5-4-10-22(15)3)12-20-17(23)19-11-13-6-8-14(18)9-7-13/h4-10,16H,11-12H2,1-3H3,(H2,19,20,23). The van der Waals surface area contributed by atoms with Crippen LogP contribution in [0.1, 0.15) is 17.3 Å². The number of benzene rings is 1. The molecule has 23 heavy (non-hydrogen) atoms. The SMILES string of the molecule is CN(C)C(CNC(=O)NCc1ccc(Cl)cc1)c1cccn1C. The van der Waals surface area contributed by atoms with Gasteiger partial charge in [-0.05, 0) is 43.9 Å². The zero-order chi connectivity index (χ0) is 16.8. The van der Waals surface area contributed by atoms with Crippen LogP contribution in [-0.2, 0) is 13.6 Å². The summed E-state index contributed by atoms with van der Waals surface area (Å²) < 4.78 is 2.07. The highest BCUT2D eigenvalue weighted by molar-refractivity contribution is 6.30. The molecule has 1 aromatic heterocycles. The van der Waals surface area contributed by atoms with E-state index in [1.807, 2.05) is 57.7 Å². The van der Waals surface area contributed by atoms with E-state index < -0.39 is 0 Å². The van der Waals surface area contributed by atoms with Crippen LogP contribution in [0.4, 0.5) is 4.79 Å². The van der Waals surface area contributed by atoms with E-state index in [4.69, 9.17) is 11.6 Å². The van der Waals surface area contributed by atoms with Gasteiger partial charge in [0.25, 0.3) is 0 Å². The average molecular weight is 335 g/mol. The van der Waals surface area contributed by atoms with E-state index in [2.05, 4.69) is 26.2 Å². The maximum Gasteiger partial charge on any atom is 0.315 e. The van der Waals surface area contributed by atoms with Crippen molar-refractivity contribution in [2.75, 3.05) is 20.6 Å². The summed E-state index contributed by atoms with van der Waals surface area (Å²) in [6.45, 7) is 1.01. The molecule has 2 N–H and O–H groups in total. The number of likely N-dealkylation sites (N-methyl/N-ethyl adjacent to an activating group) is 1. The lowest BCUT2D eigenvalue weighted by Crippen LogP contribution is -2.40. The van der Waals surface area contributed by atoms with Crippen LogP contribution < -0.4 is 10.6 Å². The molecule has 6 heteroatoms. The fraction of sp³-hybridized carbons (Fsp3) is 0.353. The van der Waals surface area contributed by atoms with Gasteiger partial charge < -0.3 is 15.2 Å². The van der Waals surface area contributed by atoms with Crippen molar-refractivity contribution in [3.8, 4) is 0 Å². The minimum atomic E-state index is -0.180. The lowest BCUT2D eigenvalue weighted by atomic mass is 10.2. The summed E-state index contributed by atoms with van der Waals surface area (Å²) in [5, 5.41) is 6.47. The topological polar surface area (TPSA) is 49.3 Å². The van der Waals surface area contributed by atoms with E-state index in [0.717, 1.165) is 11.3 Å². The fourth-order valence-corrected chi connectivity index (χ4v) is 2.53. The van der Waals surface area contributed by atoms with Crippen molar-refractivity contribution in [1.29, 1.82) is 0 Å². The van der Waals surface area contributed by atoms with Crippen molar-refractivity contribution in [2.45, 2.75) is 12.6 Å². The Morgan fingerprint density at radius 1 is 1.22 bits per heavy atom. The van der Waals surface area contributed by atoms with E-state index >= 15 is 0 Å². The van der Waals surface area contributed by atoms with Crippen molar-refractivity contribution in [1.82, 2.24) is 20.1 Å². The highest BCUT2D eigenvalue weighted by Gasteiger charge is 2.17. The number of aromatic nitrogens is 1. The molecule has 2 aromatic rings. The predicted molar refractivity (Wildman–Crippen MR) is 93.5 cm³/mol. The lowest BCUT2D eigenvalue weighted by molar-refractivity contribution is 0.231. The van der Waals surface area contributed by atoms with Gasteiger partial charge in [-0.3, -0.25) is 4.90 Å². The number of amides is 2. The second-order valence-electron chi connectivity index (χ2n) is 5.71. The molecule has 2 rings (SSSR count). The third kappa shape index (κ3) is 5.01. The minimum Gasteiger partial charge on any atom is -0.353 e. The van der Waals surface area contributed by atoms with Crippen molar-refractivity contribution in [3.05, 3.63) is 58.9 Å². The Labute approximate surface area is 142 Å². The first-order chi connectivity index (χ1) is 11.0. The maximum atomic E-state index is 12.0. The van der Waals surface area contributed by atoms with E-state index in [1.54, 1.807) is 0 Å². The molecule has 0 bridgehead atoms. The van der Waals surface area contributed by atoms with E-state index in [0.29, 0.717) is 18.1 Å². The summed E-state index contributed by atoms with van der Waals surface area (Å²) in [6, 6.07) is 11.4. The number of halogens is 1. The second kappa shape index (κ2) is 8.04. The molecule has 0 aliphatic rings. The summed E-state index contributed by atoms with van der Waals surface area (Å²) >= 11 is 5.84. The van der Waals surface area contributed by atoms with Gasteiger partial charge in [-0.2, -0.15) is 0 Å². The molecule has 1 aromatic carbocycles. The fourth-order valence-electron chi connectivity index (χ4n) is 2.41. The monoisotopic (exact) mass is 334 g/mol. The van der Waals surface area contributed by atoms with E-state index in [-0.39, 0.29) is 12.1 Å². The molecule has 0 aliphatic carbocycles. The van der Waals surface area contributed by atoms with E-state index in [9.17, 15) is 4.79 Å². The van der Waals surface area contributed by atoms with Crippen LogP contribution in [0.2, 0.25) is 5.02 Å². The van der Waals surface area contributed by atoms with Crippen LogP contribution >= 0.6 is 11.6 Å². The molecule has 1 atom stereocenters. The quantitative estimate of drug-likeness (QED) is 0.853. The van der Waals surface area contributed by atoms with E-state index in [1.165, 1.54) is 0 Å². The lowest BCUT2D eigenvalue weighted by Gasteiger charge is -2.25. The molecule has 2 amide bonds. The Morgan fingerprint density at radius 3 is 2.48 bits per heavy atom. The van der Waals surface area contributed by atoms with Gasteiger partial charge in [-0.25, -0.2) is 4.79 Å². The third-order valence-electron chi connectivity index (χ3n) is 3.77. The molecule has 1 unspecified atom stereocenters. The molecule has 1 heterocycles. The first-order valence-corrected chi connectivity index (χ1v) is 7.89. The first-order valence-electron chi connectivity index (χ1n) is 7.51. The smallest absolute Gasteiger partial charge is 0.315 e. The van der Waals surface area contributed by atoms with Crippen LogP contribution in [-0.4, -0.2) is 36.1 Å². The van der Waals surface area contributed by atoms with Gasteiger partial charge in [0.05, 0.1) is 6.04 Å². The second-order valence-corrected chi connectivity index (χ2v) is 6.15. The van der Waals surface area contributed by atoms with Crippen molar-refractivity contribution < 1.29 is 4.79 Å². The summed E-state index contributed by atoms with van der Waals surface area (Å²) in [6.07, 6.45) is 2.01. The Bertz CT molecular complexity index is 636. The molecular weight excluding hydrogens is 312 g/mol. The molecule has 0 saturated heterocycles. The van der Waals surface area contributed by atoms with Crippen LogP contribution in [0, 0.1) is 0 Å². The zero-order valence-electron chi connectivity index (χ0n) is 13.7. The summed E-state index contributed by atoms with van der Waals surface area (Å²) in [5.74, 6) is 0. The largest absolute Gasteiger partial charge is 0.353 e. The average Bonchev–Trinajstić information content (AvgIpc) is 2.93. The van der Waals surface area contributed by atoms with Crippen LogP contribution in [0.15, 0.2) is 42.6 Å². The Balaban J connectivity index is 1.84. The van der Waals surface area contributed by atoms with Gasteiger partial charge in [-0.15, -0.1) is 0 Å². The van der Waals surface area contributed by atoms with Crippen LogP contribution in [0.25, 0.3) is 0 Å². The Kier molecular flexibility index (Phi) is 6.07. The van der Waals surface area contributed by atoms with Gasteiger partial charge in [-0.1, -0.05) is 23.7 Å². The minimum absolute atomic E-state index is 0.122. The summed E-state index contributed by atoms with van der Waals surface area (Å²) in [4.78, 5) is 14.1. The first kappa shape index (κ1) is 17.4. The molecule has 0 fully saturated rings. The summed E-state index contributed by atoms with van der Waals surface area (Å²) in [5.41, 5.74) is 2.17. The Hall–Kier alpha value is -1.98. The molecule has 0 radical (unpaired) electrons. The van der Waals surface area contributed by atoms with Crippen molar-refractivity contribution in [3.63, 3.8) is 0 Å². The maximum absolute atomic E-state index is 12.0. The van der Waals surface area contributed by atoms with Crippen LogP contribution in [0.5, 0.6) is 0 Å². The van der Waals surface area contributed by atoms with Crippen molar-refractivity contribution in [2.24, 2.45) is 7.05 Å². The highest BCUT2D eigenvalue weighted by Crippen LogP contribution is 2.17. The number of aryl methyl sites for hydroxylation is 1. The summed E-state index contributed by atoms with van der Waals surface area (Å²) in [7, 11) is 6.02. The van der Waals surface area contributed by atoms with Gasteiger partial charge in [0, 0.05) is 37.1 Å². The van der Waals surface area contributed by atoms with Gasteiger partial charge in [0.1, 0.15) is 0 Å². The number of hydrogen-bond acceptors (Lipinski definition) is 2. The third-order valence-corrected chi connectivity index (χ3v) is 4.02. The van der Waals surface area contributed by atoms with Crippen LogP contribution in [0.3, 0.4) is 0 Å². The number of carbonyl (C=O) groups is 1. The normalized spacial score (nSPS) is 12.2. The molecule has 0 saturated carbocycles. The number of rotatable bonds is 6. The molecule has 0 aliphatic heterocycles. The molecule has 124 valence electrons. The number of urea groups is 1. The van der Waals surface area contributed by atoms with Gasteiger partial charge in [0.15, 0.2) is 0 Å². The predicted octanol–water partition coefficient (Wildman–Crippen LogP) is 2.78. The number of nitrogens with zero attached hydrogens (tertiary/aromatic N) is 2. The molecule has 5 nitrogen and oxygen atoms in total. The zero-order valence-corrected chi connectivity index (χ0v) is 14.5. The Morgan fingerprint density at radius 2 is 1.91 bits per heavy atom.